The van der Waals surface area contributed by atoms with E-state index in [2.05, 4.69) is 20.5 Å². The molecule has 0 atom stereocenters. The van der Waals surface area contributed by atoms with Crippen molar-refractivity contribution in [3.05, 3.63) is 5.35 Å². The van der Waals surface area contributed by atoms with Gasteiger partial charge in [0.1, 0.15) is 0 Å². The Kier molecular flexibility index (Phi) is 1.90. The van der Waals surface area contributed by atoms with Gasteiger partial charge in [-0.2, -0.15) is 0 Å². The SMILES string of the molecule is Cc1bbbbb1. The van der Waals surface area contributed by atoms with E-state index in [1.165, 1.54) is 5.35 Å². The molecule has 26 valence electrons. The molecule has 0 aliphatic rings. The minimum atomic E-state index is 1.32. The average Bonchev–Trinajstić information content (AvgIpc) is 1.69. The van der Waals surface area contributed by atoms with E-state index in [1.54, 1.807) is 0 Å². The molecule has 0 N–H and O–H groups in total. The number of aryl methyl sites for hydroxylation is 1. The van der Waals surface area contributed by atoms with Crippen LogP contribution < -0.4 is 0 Å². The third kappa shape index (κ3) is 1.62. The molecule has 0 aliphatic carbocycles. The van der Waals surface area contributed by atoms with Crippen molar-refractivity contribution in [3.8, 4) is 0 Å². The molecule has 1 rings (SSSR count). The van der Waals surface area contributed by atoms with Gasteiger partial charge in [-0.15, -0.1) is 0 Å². The number of hydrogen-bond donors (Lipinski definition) is 0. The molecular weight excluding hydrogens is 78.1 g/mol. The third-order valence-corrected chi connectivity index (χ3v) is 0.940. The minimum absolute atomic E-state index is 1.32. The van der Waals surface area contributed by atoms with Crippen molar-refractivity contribution in [1.29, 1.82) is 0 Å². The zero-order chi connectivity index (χ0) is 5.11. The van der Waals surface area contributed by atoms with E-state index in [0.717, 1.165) is 0 Å². The number of rotatable bonds is 0. The maximum atomic E-state index is 2.08. The van der Waals surface area contributed by atoms with Gasteiger partial charge in [-0.05, 0) is 0 Å². The van der Waals surface area contributed by atoms with Crippen LogP contribution in [0.3, 0.4) is 0 Å². The molecule has 0 nitrogen and oxygen atoms in total. The average molecular weight is 81.1 g/mol. The van der Waals surface area contributed by atoms with Gasteiger partial charge in [0, 0.05) is 0 Å². The van der Waals surface area contributed by atoms with Crippen molar-refractivity contribution in [2.75, 3.05) is 0 Å². The van der Waals surface area contributed by atoms with Crippen molar-refractivity contribution in [2.24, 2.45) is 0 Å². The van der Waals surface area contributed by atoms with Gasteiger partial charge in [0.25, 0.3) is 0 Å². The zero-order valence-electron chi connectivity index (χ0n) is 4.39. The van der Waals surface area contributed by atoms with E-state index in [-0.39, 0.29) is 0 Å². The molecule has 0 saturated carbocycles. The second-order valence-electron chi connectivity index (χ2n) is 1.65. The van der Waals surface area contributed by atoms with Crippen LogP contribution in [0.4, 0.5) is 0 Å². The summed E-state index contributed by atoms with van der Waals surface area (Å²) >= 11 is 0. The molecule has 7 heavy (non-hydrogen) atoms. The van der Waals surface area contributed by atoms with E-state index in [1.807, 2.05) is 20.0 Å². The second kappa shape index (κ2) is 2.49. The predicted octanol–water partition coefficient (Wildman–Crippen LogP) is -1.31. The van der Waals surface area contributed by atoms with Crippen LogP contribution in [-0.2, 0) is 0 Å². The molecule has 0 bridgehead atoms. The maximum absolute atomic E-state index is 2.08. The fourth-order valence-electron chi connectivity index (χ4n) is 0.534. The van der Waals surface area contributed by atoms with Crippen LogP contribution in [0.1, 0.15) is 5.35 Å². The van der Waals surface area contributed by atoms with E-state index >= 15 is 0 Å². The molecule has 0 amide bonds. The van der Waals surface area contributed by atoms with Gasteiger partial charge in [-0.1, -0.05) is 0 Å². The molecule has 1 aromatic heterocycles. The van der Waals surface area contributed by atoms with Crippen molar-refractivity contribution >= 4 is 33.6 Å². The Hall–Kier alpha value is 0.195. The molecule has 0 saturated heterocycles. The third-order valence-electron chi connectivity index (χ3n) is 0.940. The summed E-state index contributed by atoms with van der Waals surface area (Å²) in [4.78, 5) is 0. The summed E-state index contributed by atoms with van der Waals surface area (Å²) < 4.78 is 0. The quantitative estimate of drug-likeness (QED) is 0.363. The van der Waals surface area contributed by atoms with Gasteiger partial charge in [0.15, 0.2) is 0 Å². The van der Waals surface area contributed by atoms with Crippen molar-refractivity contribution < 1.29 is 0 Å². The first kappa shape index (κ1) is 5.33. The molecule has 1 heterocycles. The fraction of sp³-hybridized carbons (Fsp3) is 0.500. The van der Waals surface area contributed by atoms with Crippen LogP contribution in [0.5, 0.6) is 0 Å². The van der Waals surface area contributed by atoms with Crippen LogP contribution in [0.2, 0.25) is 0 Å². The van der Waals surface area contributed by atoms with Crippen LogP contribution in [0.25, 0.3) is 0 Å². The Bertz CT molecular complexity index is 136. The first-order valence-electron chi connectivity index (χ1n) is 2.41. The normalized spacial score (nSPS) is 5.86. The van der Waals surface area contributed by atoms with Crippen molar-refractivity contribution in [1.82, 2.24) is 0 Å². The van der Waals surface area contributed by atoms with E-state index in [4.69, 9.17) is 0 Å². The molecular formula is C2H3B5. The first-order valence-corrected chi connectivity index (χ1v) is 2.41. The molecule has 0 spiro atoms. The molecule has 0 radical (unpaired) electrons. The summed E-state index contributed by atoms with van der Waals surface area (Å²) in [5, 5.41) is 1.32. The molecule has 0 aliphatic heterocycles. The molecule has 5 heteroatoms. The van der Waals surface area contributed by atoms with Gasteiger partial charge in [-0.25, -0.2) is 0 Å². The summed E-state index contributed by atoms with van der Waals surface area (Å²) in [6, 6.07) is 0. The Morgan fingerprint density at radius 3 is 1.86 bits per heavy atom. The fourth-order valence-corrected chi connectivity index (χ4v) is 0.534. The van der Waals surface area contributed by atoms with E-state index < -0.39 is 0 Å². The topological polar surface area (TPSA) is 0 Å². The van der Waals surface area contributed by atoms with Crippen molar-refractivity contribution in [3.63, 3.8) is 0 Å². The van der Waals surface area contributed by atoms with Gasteiger partial charge < -0.3 is 0 Å². The molecule has 0 aromatic carbocycles. The first-order chi connectivity index (χ1) is 3.39. The Morgan fingerprint density at radius 1 is 1.00 bits per heavy atom. The molecule has 0 fully saturated rings. The van der Waals surface area contributed by atoms with Gasteiger partial charge in [0.05, 0.1) is 0 Å². The van der Waals surface area contributed by atoms with Crippen LogP contribution in [0, 0.1) is 6.92 Å². The summed E-state index contributed by atoms with van der Waals surface area (Å²) in [7, 11) is 0. The zero-order valence-corrected chi connectivity index (χ0v) is 4.39. The summed E-state index contributed by atoms with van der Waals surface area (Å²) in [6.07, 6.45) is 0. The summed E-state index contributed by atoms with van der Waals surface area (Å²) in [5.74, 6) is 0. The van der Waals surface area contributed by atoms with Crippen LogP contribution in [0.15, 0.2) is 0 Å². The van der Waals surface area contributed by atoms with E-state index in [0.29, 0.717) is 0 Å². The summed E-state index contributed by atoms with van der Waals surface area (Å²) in [5.41, 5.74) is 0. The predicted molar refractivity (Wildman–Crippen MR) is 37.9 cm³/mol. The van der Waals surface area contributed by atoms with Gasteiger partial charge >= 0.3 is 45.9 Å². The second-order valence-corrected chi connectivity index (χ2v) is 1.65. The number of hydrogen-bond acceptors (Lipinski definition) is 0. The van der Waals surface area contributed by atoms with Crippen LogP contribution >= 0.6 is 0 Å². The Labute approximate surface area is 46.7 Å². The van der Waals surface area contributed by atoms with E-state index in [9.17, 15) is 0 Å². The van der Waals surface area contributed by atoms with Crippen molar-refractivity contribution in [2.45, 2.75) is 6.92 Å². The standard InChI is InChI=1S/C2H3B5/c1-2-3-5-7-6-4-2/h1H3. The molecule has 1 aromatic rings. The summed E-state index contributed by atoms with van der Waals surface area (Å²) in [6.45, 7) is 12.3. The molecule has 0 unspecified atom stereocenters. The van der Waals surface area contributed by atoms with Crippen LogP contribution in [-0.4, -0.2) is 33.6 Å². The van der Waals surface area contributed by atoms with Gasteiger partial charge in [-0.3, -0.25) is 0 Å². The van der Waals surface area contributed by atoms with Gasteiger partial charge in [0.2, 0.25) is 0 Å². The monoisotopic (exact) mass is 82.1 g/mol. The Morgan fingerprint density at radius 2 is 1.57 bits per heavy atom. The Balaban J connectivity index is 3.02.